The van der Waals surface area contributed by atoms with Gasteiger partial charge in [0.2, 0.25) is 5.95 Å². The highest BCUT2D eigenvalue weighted by atomic mass is 15.2. The van der Waals surface area contributed by atoms with Crippen molar-refractivity contribution in [3.63, 3.8) is 0 Å². The van der Waals surface area contributed by atoms with Crippen molar-refractivity contribution in [2.24, 2.45) is 0 Å². The summed E-state index contributed by atoms with van der Waals surface area (Å²) in [5.41, 5.74) is 3.38. The largest absolute Gasteiger partial charge is 0.352 e. The van der Waals surface area contributed by atoms with Crippen LogP contribution in [0.2, 0.25) is 0 Å². The Morgan fingerprint density at radius 2 is 2.32 bits per heavy atom. The number of nitrogens with one attached hydrogen (secondary N) is 1. The Hall–Kier alpha value is -2.10. The van der Waals surface area contributed by atoms with Gasteiger partial charge in [0.05, 0.1) is 17.9 Å². The minimum absolute atomic E-state index is 0.708. The maximum absolute atomic E-state index is 4.48. The van der Waals surface area contributed by atoms with Crippen LogP contribution in [0.25, 0.3) is 0 Å². The lowest BCUT2D eigenvalue weighted by Gasteiger charge is -2.10. The third kappa shape index (κ3) is 3.22. The molecule has 2 aromatic rings. The summed E-state index contributed by atoms with van der Waals surface area (Å²) in [7, 11) is 0. The molecular weight excluding hydrogens is 236 g/mol. The van der Waals surface area contributed by atoms with Crippen molar-refractivity contribution in [2.75, 3.05) is 11.9 Å². The maximum atomic E-state index is 4.48. The van der Waals surface area contributed by atoms with Crippen molar-refractivity contribution in [3.05, 3.63) is 54.1 Å². The zero-order chi connectivity index (χ0) is 13.7. The lowest BCUT2D eigenvalue weighted by Crippen LogP contribution is -2.10. The van der Waals surface area contributed by atoms with Gasteiger partial charge in [0.25, 0.3) is 0 Å². The van der Waals surface area contributed by atoms with E-state index < -0.39 is 0 Å². The van der Waals surface area contributed by atoms with Crippen LogP contribution in [0.1, 0.15) is 23.9 Å². The third-order valence-electron chi connectivity index (χ3n) is 2.99. The predicted octanol–water partition coefficient (Wildman–Crippen LogP) is 2.80. The highest BCUT2D eigenvalue weighted by Gasteiger charge is 2.08. The topological polar surface area (TPSA) is 42.7 Å². The van der Waals surface area contributed by atoms with Crippen LogP contribution in [0.4, 0.5) is 5.95 Å². The summed E-state index contributed by atoms with van der Waals surface area (Å²) in [5.74, 6) is 0.866. The molecule has 19 heavy (non-hydrogen) atoms. The fourth-order valence-corrected chi connectivity index (χ4v) is 2.07. The van der Waals surface area contributed by atoms with E-state index in [1.54, 1.807) is 0 Å². The Balaban J connectivity index is 2.24. The van der Waals surface area contributed by atoms with E-state index in [0.717, 1.165) is 30.3 Å². The van der Waals surface area contributed by atoms with Gasteiger partial charge < -0.3 is 9.88 Å². The molecule has 0 aromatic carbocycles. The summed E-state index contributed by atoms with van der Waals surface area (Å²) in [6, 6.07) is 4.11. The Morgan fingerprint density at radius 3 is 3.05 bits per heavy atom. The average Bonchev–Trinajstić information content (AvgIpc) is 2.77. The van der Waals surface area contributed by atoms with Gasteiger partial charge in [-0.3, -0.25) is 4.98 Å². The molecule has 0 radical (unpaired) electrons. The first-order valence-electron chi connectivity index (χ1n) is 6.56. The lowest BCUT2D eigenvalue weighted by atomic mass is 10.1. The van der Waals surface area contributed by atoms with E-state index in [2.05, 4.69) is 39.4 Å². The van der Waals surface area contributed by atoms with Gasteiger partial charge in [-0.05, 0) is 25.0 Å². The van der Waals surface area contributed by atoms with Gasteiger partial charge in [-0.1, -0.05) is 19.1 Å². The van der Waals surface area contributed by atoms with E-state index in [9.17, 15) is 0 Å². The molecule has 4 heteroatoms. The number of pyridine rings is 1. The predicted molar refractivity (Wildman–Crippen MR) is 78.4 cm³/mol. The number of hydrogen-bond donors (Lipinski definition) is 1. The van der Waals surface area contributed by atoms with E-state index in [-0.39, 0.29) is 0 Å². The number of rotatable bonds is 6. The molecule has 100 valence electrons. The molecule has 2 aromatic heterocycles. The Bertz CT molecular complexity index is 557. The van der Waals surface area contributed by atoms with Crippen molar-refractivity contribution in [1.82, 2.24) is 14.5 Å². The van der Waals surface area contributed by atoms with E-state index in [1.165, 1.54) is 5.56 Å². The van der Waals surface area contributed by atoms with E-state index in [4.69, 9.17) is 0 Å². The van der Waals surface area contributed by atoms with Crippen molar-refractivity contribution in [2.45, 2.75) is 26.8 Å². The molecule has 4 nitrogen and oxygen atoms in total. The third-order valence-corrected chi connectivity index (χ3v) is 2.99. The average molecular weight is 256 g/mol. The summed E-state index contributed by atoms with van der Waals surface area (Å²) in [6.45, 7) is 9.30. The molecule has 2 heterocycles. The Kier molecular flexibility index (Phi) is 4.34. The molecule has 0 spiro atoms. The van der Waals surface area contributed by atoms with Crippen molar-refractivity contribution >= 4 is 5.95 Å². The normalized spacial score (nSPS) is 10.4. The number of aromatic nitrogens is 3. The van der Waals surface area contributed by atoms with Crippen molar-refractivity contribution in [3.8, 4) is 0 Å². The molecule has 0 aliphatic rings. The molecule has 0 unspecified atom stereocenters. The highest BCUT2D eigenvalue weighted by molar-refractivity contribution is 5.31. The molecule has 0 aliphatic heterocycles. The zero-order valence-corrected chi connectivity index (χ0v) is 11.6. The van der Waals surface area contributed by atoms with Crippen LogP contribution >= 0.6 is 0 Å². The van der Waals surface area contributed by atoms with Gasteiger partial charge in [-0.2, -0.15) is 0 Å². The van der Waals surface area contributed by atoms with E-state index >= 15 is 0 Å². The summed E-state index contributed by atoms with van der Waals surface area (Å²) in [5, 5.41) is 3.25. The van der Waals surface area contributed by atoms with Gasteiger partial charge in [-0.25, -0.2) is 4.98 Å². The Morgan fingerprint density at radius 1 is 1.47 bits per heavy atom. The number of hydrogen-bond acceptors (Lipinski definition) is 3. The SMILES string of the molecule is C=CCNc1nc(C)cn1Cc1ncccc1CC. The summed E-state index contributed by atoms with van der Waals surface area (Å²) in [6.07, 6.45) is 6.70. The summed E-state index contributed by atoms with van der Waals surface area (Å²) >= 11 is 0. The fraction of sp³-hybridized carbons (Fsp3) is 0.333. The quantitative estimate of drug-likeness (QED) is 0.808. The minimum atomic E-state index is 0.708. The van der Waals surface area contributed by atoms with Gasteiger partial charge in [-0.15, -0.1) is 6.58 Å². The second-order valence-corrected chi connectivity index (χ2v) is 4.47. The van der Waals surface area contributed by atoms with E-state index in [0.29, 0.717) is 6.54 Å². The van der Waals surface area contributed by atoms with Crippen LogP contribution in [0.3, 0.4) is 0 Å². The van der Waals surface area contributed by atoms with Crippen LogP contribution in [0.5, 0.6) is 0 Å². The van der Waals surface area contributed by atoms with Gasteiger partial charge in [0.15, 0.2) is 0 Å². The minimum Gasteiger partial charge on any atom is -0.352 e. The molecule has 0 atom stereocenters. The zero-order valence-electron chi connectivity index (χ0n) is 11.6. The second-order valence-electron chi connectivity index (χ2n) is 4.47. The molecule has 0 bridgehead atoms. The standard InChI is InChI=1S/C15H20N4/c1-4-8-17-15-18-12(3)10-19(15)11-14-13(5-2)7-6-9-16-14/h4,6-7,9-10H,1,5,8,11H2,2-3H3,(H,17,18). The molecule has 2 rings (SSSR count). The molecular formula is C15H20N4. The maximum Gasteiger partial charge on any atom is 0.203 e. The number of aryl methyl sites for hydroxylation is 2. The van der Waals surface area contributed by atoms with Crippen molar-refractivity contribution in [1.29, 1.82) is 0 Å². The molecule has 0 saturated heterocycles. The van der Waals surface area contributed by atoms with Crippen LogP contribution in [0.15, 0.2) is 37.2 Å². The number of imidazole rings is 1. The molecule has 0 amide bonds. The van der Waals surface area contributed by atoms with Crippen LogP contribution in [0, 0.1) is 6.92 Å². The lowest BCUT2D eigenvalue weighted by molar-refractivity contribution is 0.765. The second kappa shape index (κ2) is 6.18. The summed E-state index contributed by atoms with van der Waals surface area (Å²) in [4.78, 5) is 8.96. The van der Waals surface area contributed by atoms with Crippen molar-refractivity contribution < 1.29 is 0 Å². The van der Waals surface area contributed by atoms with Crippen LogP contribution < -0.4 is 5.32 Å². The van der Waals surface area contributed by atoms with Gasteiger partial charge in [0, 0.05) is 18.9 Å². The van der Waals surface area contributed by atoms with Crippen LogP contribution in [-0.4, -0.2) is 21.1 Å². The highest BCUT2D eigenvalue weighted by Crippen LogP contribution is 2.13. The molecule has 1 N–H and O–H groups in total. The van der Waals surface area contributed by atoms with Gasteiger partial charge >= 0.3 is 0 Å². The first kappa shape index (κ1) is 13.3. The Labute approximate surface area is 114 Å². The van der Waals surface area contributed by atoms with E-state index in [1.807, 2.05) is 31.5 Å². The fourth-order valence-electron chi connectivity index (χ4n) is 2.07. The molecule has 0 aliphatic carbocycles. The molecule has 0 fully saturated rings. The monoisotopic (exact) mass is 256 g/mol. The smallest absolute Gasteiger partial charge is 0.203 e. The number of anilines is 1. The molecule has 0 saturated carbocycles. The number of nitrogens with zero attached hydrogens (tertiary/aromatic N) is 3. The first-order chi connectivity index (χ1) is 9.24. The summed E-state index contributed by atoms with van der Waals surface area (Å²) < 4.78 is 2.10. The van der Waals surface area contributed by atoms with Gasteiger partial charge in [0.1, 0.15) is 0 Å². The van der Waals surface area contributed by atoms with Crippen LogP contribution in [-0.2, 0) is 13.0 Å². The first-order valence-corrected chi connectivity index (χ1v) is 6.56.